The van der Waals surface area contributed by atoms with Gasteiger partial charge in [0.1, 0.15) is 0 Å². The average Bonchev–Trinajstić information content (AvgIpc) is 2.72. The number of anilines is 2. The first kappa shape index (κ1) is 19.0. The molecule has 6 heteroatoms. The maximum atomic E-state index is 12.5. The Bertz CT molecular complexity index is 1040. The van der Waals surface area contributed by atoms with Gasteiger partial charge in [0.25, 0.3) is 0 Å². The summed E-state index contributed by atoms with van der Waals surface area (Å²) in [6.45, 7) is 0. The number of methoxy groups -OCH3 is 2. The number of benzene rings is 3. The van der Waals surface area contributed by atoms with Crippen molar-refractivity contribution in [2.75, 3.05) is 25.7 Å². The van der Waals surface area contributed by atoms with Gasteiger partial charge >= 0.3 is 11.9 Å². The predicted octanol–water partition coefficient (Wildman–Crippen LogP) is 3.76. The Kier molecular flexibility index (Phi) is 5.31. The molecular weight excluding hydrogens is 356 g/mol. The minimum Gasteiger partial charge on any atom is -0.465 e. The number of carbonyl (C=O) groups excluding carboxylic acids is 2. The number of rotatable bonds is 4. The molecule has 0 aromatic heterocycles. The summed E-state index contributed by atoms with van der Waals surface area (Å²) < 4.78 is 9.76. The van der Waals surface area contributed by atoms with Gasteiger partial charge in [0.05, 0.1) is 25.3 Å². The normalized spacial score (nSPS) is 10.4. The van der Waals surface area contributed by atoms with Gasteiger partial charge in [0.2, 0.25) is 0 Å². The Morgan fingerprint density at radius 2 is 1.36 bits per heavy atom. The topological polar surface area (TPSA) is 105 Å². The largest absolute Gasteiger partial charge is 0.465 e. The minimum atomic E-state index is -0.637. The highest BCUT2D eigenvalue weighted by atomic mass is 16.5. The van der Waals surface area contributed by atoms with E-state index < -0.39 is 11.9 Å². The monoisotopic (exact) mass is 376 g/mol. The van der Waals surface area contributed by atoms with Crippen LogP contribution in [-0.4, -0.2) is 26.2 Å². The first-order valence-corrected chi connectivity index (χ1v) is 8.51. The molecule has 3 rings (SSSR count). The maximum Gasteiger partial charge on any atom is 0.339 e. The highest BCUT2D eigenvalue weighted by Crippen LogP contribution is 2.37. The van der Waals surface area contributed by atoms with Crippen molar-refractivity contribution < 1.29 is 19.1 Å². The molecule has 0 unspecified atom stereocenters. The molecule has 3 aromatic carbocycles. The molecule has 0 atom stereocenters. The number of nitrogen functional groups attached to an aromatic ring is 2. The van der Waals surface area contributed by atoms with E-state index in [9.17, 15) is 9.59 Å². The van der Waals surface area contributed by atoms with Crippen molar-refractivity contribution in [1.82, 2.24) is 0 Å². The first-order chi connectivity index (χ1) is 13.5. The zero-order valence-electron chi connectivity index (χ0n) is 15.6. The summed E-state index contributed by atoms with van der Waals surface area (Å²) in [5, 5.41) is 0. The Hall–Kier alpha value is -3.80. The zero-order valence-corrected chi connectivity index (χ0v) is 15.6. The number of hydrogen-bond donors (Lipinski definition) is 2. The molecule has 0 saturated heterocycles. The zero-order chi connectivity index (χ0) is 20.3. The molecule has 0 bridgehead atoms. The molecule has 0 radical (unpaired) electrons. The Balaban J connectivity index is 2.32. The van der Waals surface area contributed by atoms with Crippen molar-refractivity contribution in [2.45, 2.75) is 0 Å². The molecule has 3 aromatic rings. The molecule has 0 aliphatic rings. The second-order valence-electron chi connectivity index (χ2n) is 6.14. The molecule has 0 aliphatic carbocycles. The lowest BCUT2D eigenvalue weighted by atomic mass is 9.89. The number of esters is 2. The van der Waals surface area contributed by atoms with Crippen molar-refractivity contribution >= 4 is 23.3 Å². The molecule has 0 aliphatic heterocycles. The average molecular weight is 376 g/mol. The van der Waals surface area contributed by atoms with E-state index in [2.05, 4.69) is 0 Å². The number of nitrogens with two attached hydrogens (primary N) is 2. The molecule has 28 heavy (non-hydrogen) atoms. The van der Waals surface area contributed by atoms with Crippen LogP contribution in [0.1, 0.15) is 20.7 Å². The van der Waals surface area contributed by atoms with Crippen LogP contribution in [0, 0.1) is 0 Å². The maximum absolute atomic E-state index is 12.5. The van der Waals surface area contributed by atoms with E-state index in [1.807, 2.05) is 18.2 Å². The molecule has 0 saturated carbocycles. The molecule has 0 fully saturated rings. The summed E-state index contributed by atoms with van der Waals surface area (Å²) >= 11 is 0. The number of carbonyl (C=O) groups is 2. The van der Waals surface area contributed by atoms with Crippen LogP contribution in [-0.2, 0) is 9.47 Å². The highest BCUT2D eigenvalue weighted by Gasteiger charge is 2.24. The van der Waals surface area contributed by atoms with Gasteiger partial charge in [-0.05, 0) is 52.6 Å². The lowest BCUT2D eigenvalue weighted by Gasteiger charge is -2.16. The smallest absolute Gasteiger partial charge is 0.339 e. The molecule has 4 N–H and O–H groups in total. The van der Waals surface area contributed by atoms with Crippen molar-refractivity contribution in [2.24, 2.45) is 0 Å². The van der Waals surface area contributed by atoms with Crippen molar-refractivity contribution in [3.05, 3.63) is 71.8 Å². The third-order valence-corrected chi connectivity index (χ3v) is 4.41. The third kappa shape index (κ3) is 3.53. The van der Waals surface area contributed by atoms with Crippen LogP contribution < -0.4 is 11.5 Å². The van der Waals surface area contributed by atoms with Crippen molar-refractivity contribution in [3.8, 4) is 22.3 Å². The van der Waals surface area contributed by atoms with Crippen molar-refractivity contribution in [1.29, 1.82) is 0 Å². The van der Waals surface area contributed by atoms with Gasteiger partial charge in [-0.25, -0.2) is 9.59 Å². The van der Waals surface area contributed by atoms with Gasteiger partial charge < -0.3 is 20.9 Å². The van der Waals surface area contributed by atoms with E-state index in [1.54, 1.807) is 36.4 Å². The second-order valence-corrected chi connectivity index (χ2v) is 6.14. The van der Waals surface area contributed by atoms with Crippen LogP contribution >= 0.6 is 0 Å². The Morgan fingerprint density at radius 3 is 2.00 bits per heavy atom. The van der Waals surface area contributed by atoms with Crippen LogP contribution in [0.5, 0.6) is 0 Å². The van der Waals surface area contributed by atoms with Gasteiger partial charge in [0, 0.05) is 11.4 Å². The quantitative estimate of drug-likeness (QED) is 0.531. The molecule has 0 heterocycles. The number of hydrogen-bond acceptors (Lipinski definition) is 6. The molecule has 0 amide bonds. The summed E-state index contributed by atoms with van der Waals surface area (Å²) in [4.78, 5) is 24.8. The summed E-state index contributed by atoms with van der Waals surface area (Å²) in [5.41, 5.74) is 16.2. The fourth-order valence-corrected chi connectivity index (χ4v) is 3.08. The first-order valence-electron chi connectivity index (χ1n) is 8.51. The van der Waals surface area contributed by atoms with Crippen molar-refractivity contribution in [3.63, 3.8) is 0 Å². The minimum absolute atomic E-state index is 0.123. The van der Waals surface area contributed by atoms with Gasteiger partial charge in [-0.1, -0.05) is 30.3 Å². The lowest BCUT2D eigenvalue weighted by molar-refractivity contribution is 0.0556. The fraction of sp³-hybridized carbons (Fsp3) is 0.0909. The van der Waals surface area contributed by atoms with E-state index in [0.29, 0.717) is 22.5 Å². The second kappa shape index (κ2) is 7.84. The molecular formula is C22H20N2O4. The third-order valence-electron chi connectivity index (χ3n) is 4.41. The van der Waals surface area contributed by atoms with Gasteiger partial charge in [-0.2, -0.15) is 0 Å². The van der Waals surface area contributed by atoms with E-state index in [-0.39, 0.29) is 11.1 Å². The van der Waals surface area contributed by atoms with E-state index in [0.717, 1.165) is 11.1 Å². The van der Waals surface area contributed by atoms with E-state index in [1.165, 1.54) is 20.3 Å². The summed E-state index contributed by atoms with van der Waals surface area (Å²) in [7, 11) is 2.52. The van der Waals surface area contributed by atoms with Crippen LogP contribution in [0.4, 0.5) is 11.4 Å². The van der Waals surface area contributed by atoms with Crippen LogP contribution in [0.2, 0.25) is 0 Å². The molecule has 0 spiro atoms. The van der Waals surface area contributed by atoms with E-state index in [4.69, 9.17) is 20.9 Å². The number of ether oxygens (including phenoxy) is 2. The van der Waals surface area contributed by atoms with Gasteiger partial charge in [0.15, 0.2) is 0 Å². The summed E-state index contributed by atoms with van der Waals surface area (Å²) in [6, 6.07) is 17.7. The SMILES string of the molecule is COC(=O)c1cccc(-c2cc(N)ccc2-c2ccc(N)cc2)c1C(=O)OC. The lowest BCUT2D eigenvalue weighted by Crippen LogP contribution is -2.13. The highest BCUT2D eigenvalue weighted by molar-refractivity contribution is 6.09. The van der Waals surface area contributed by atoms with Crippen LogP contribution in [0.15, 0.2) is 60.7 Å². The summed E-state index contributed by atoms with van der Waals surface area (Å²) in [5.74, 6) is -1.26. The Morgan fingerprint density at radius 1 is 0.714 bits per heavy atom. The standard InChI is InChI=1S/C22H20N2O4/c1-27-21(25)18-5-3-4-17(20(18)22(26)28-2)19-12-15(24)10-11-16(19)13-6-8-14(23)9-7-13/h3-12H,23-24H2,1-2H3. The van der Waals surface area contributed by atoms with E-state index >= 15 is 0 Å². The molecule has 142 valence electrons. The summed E-state index contributed by atoms with van der Waals surface area (Å²) in [6.07, 6.45) is 0. The van der Waals surface area contributed by atoms with Crippen LogP contribution in [0.3, 0.4) is 0 Å². The Labute approximate surface area is 162 Å². The van der Waals surface area contributed by atoms with Gasteiger partial charge in [-0.3, -0.25) is 0 Å². The van der Waals surface area contributed by atoms with Crippen LogP contribution in [0.25, 0.3) is 22.3 Å². The van der Waals surface area contributed by atoms with Gasteiger partial charge in [-0.15, -0.1) is 0 Å². The predicted molar refractivity (Wildman–Crippen MR) is 109 cm³/mol. The fourth-order valence-electron chi connectivity index (χ4n) is 3.08. The molecule has 6 nitrogen and oxygen atoms in total.